The highest BCUT2D eigenvalue weighted by Gasteiger charge is 2.13. The third kappa shape index (κ3) is 3.02. The number of nitrogens with zero attached hydrogens (tertiary/aromatic N) is 4. The molecule has 0 aliphatic rings. The van der Waals surface area contributed by atoms with Crippen LogP contribution in [0.25, 0.3) is 51.1 Å². The van der Waals surface area contributed by atoms with E-state index in [1.165, 1.54) is 0 Å². The summed E-state index contributed by atoms with van der Waals surface area (Å²) in [6.45, 7) is 6.16. The zero-order valence-electron chi connectivity index (χ0n) is 16.3. The lowest BCUT2D eigenvalue weighted by molar-refractivity contribution is 1.06. The monoisotopic (exact) mass is 393 g/mol. The van der Waals surface area contributed by atoms with Crippen molar-refractivity contribution in [1.29, 1.82) is 0 Å². The van der Waals surface area contributed by atoms with Crippen molar-refractivity contribution in [3.05, 3.63) is 78.1 Å². The number of aromatic amines is 3. The van der Waals surface area contributed by atoms with Gasteiger partial charge in [-0.05, 0) is 30.7 Å². The summed E-state index contributed by atoms with van der Waals surface area (Å²) >= 11 is 0. The van der Waals surface area contributed by atoms with Gasteiger partial charge in [0.15, 0.2) is 0 Å². The quantitative estimate of drug-likeness (QED) is 0.437. The minimum absolute atomic E-state index is 0.820. The summed E-state index contributed by atoms with van der Waals surface area (Å²) in [6, 6.07) is 6.06. The van der Waals surface area contributed by atoms with Crippen molar-refractivity contribution < 1.29 is 0 Å². The van der Waals surface area contributed by atoms with Crippen LogP contribution in [0.2, 0.25) is 0 Å². The van der Waals surface area contributed by atoms with E-state index < -0.39 is 0 Å². The van der Waals surface area contributed by atoms with Crippen LogP contribution < -0.4 is 10.6 Å². The molecule has 30 heavy (non-hydrogen) atoms. The summed E-state index contributed by atoms with van der Waals surface area (Å²) in [5.41, 5.74) is 6.49. The molecule has 0 unspecified atom stereocenters. The van der Waals surface area contributed by atoms with E-state index in [0.29, 0.717) is 0 Å². The molecular weight excluding hydrogens is 374 g/mol. The standard InChI is InChI=1S/C23H19N7/c1-3-20-18(7-14(2)16-10-26-27-11-16)23(30-29-20)21-8-17-19(12-25-13-22(17)28-21)15-5-4-6-24-9-15/h3-13,28-29H,2H2,1H3,(H,26,27)/b18-7+,20-3+. The molecule has 0 saturated carbocycles. The van der Waals surface area contributed by atoms with Crippen molar-refractivity contribution in [1.82, 2.24) is 35.3 Å². The van der Waals surface area contributed by atoms with E-state index in [9.17, 15) is 0 Å². The fourth-order valence-electron chi connectivity index (χ4n) is 3.55. The zero-order valence-corrected chi connectivity index (χ0v) is 16.3. The van der Waals surface area contributed by atoms with Crippen molar-refractivity contribution in [3.63, 3.8) is 0 Å². The summed E-state index contributed by atoms with van der Waals surface area (Å²) in [5, 5.41) is 17.5. The highest BCUT2D eigenvalue weighted by atomic mass is 15.1. The topological polar surface area (TPSA) is 98.9 Å². The Morgan fingerprint density at radius 1 is 1.13 bits per heavy atom. The van der Waals surface area contributed by atoms with Crippen LogP contribution in [0, 0.1) is 0 Å². The Kier molecular flexibility index (Phi) is 4.33. The van der Waals surface area contributed by atoms with Gasteiger partial charge in [0, 0.05) is 52.1 Å². The molecule has 0 atom stereocenters. The Labute approximate surface area is 171 Å². The number of hydrogen-bond donors (Lipinski definition) is 3. The lowest BCUT2D eigenvalue weighted by Gasteiger charge is -2.01. The van der Waals surface area contributed by atoms with Crippen molar-refractivity contribution >= 4 is 28.6 Å². The number of hydrogen-bond acceptors (Lipinski definition) is 4. The minimum atomic E-state index is 0.820. The molecule has 3 N–H and O–H groups in total. The van der Waals surface area contributed by atoms with Gasteiger partial charge < -0.3 is 4.98 Å². The minimum Gasteiger partial charge on any atom is -0.352 e. The molecule has 5 aromatic heterocycles. The van der Waals surface area contributed by atoms with Crippen LogP contribution in [0.1, 0.15) is 12.5 Å². The summed E-state index contributed by atoms with van der Waals surface area (Å²) in [7, 11) is 0. The van der Waals surface area contributed by atoms with Gasteiger partial charge in [-0.3, -0.25) is 20.2 Å². The molecule has 5 heterocycles. The van der Waals surface area contributed by atoms with Crippen LogP contribution in [0.4, 0.5) is 0 Å². The highest BCUT2D eigenvalue weighted by molar-refractivity contribution is 5.97. The second kappa shape index (κ2) is 7.29. The Morgan fingerprint density at radius 2 is 2.07 bits per heavy atom. The summed E-state index contributed by atoms with van der Waals surface area (Å²) in [4.78, 5) is 12.1. The number of pyridine rings is 2. The predicted octanol–water partition coefficient (Wildman–Crippen LogP) is 3.03. The van der Waals surface area contributed by atoms with Crippen LogP contribution in [0.15, 0.2) is 62.0 Å². The van der Waals surface area contributed by atoms with E-state index in [0.717, 1.165) is 55.1 Å². The lowest BCUT2D eigenvalue weighted by atomic mass is 10.1. The first-order valence-corrected chi connectivity index (χ1v) is 9.52. The summed E-state index contributed by atoms with van der Waals surface area (Å²) in [5.74, 6) is 0. The van der Waals surface area contributed by atoms with Crippen molar-refractivity contribution in [2.45, 2.75) is 6.92 Å². The smallest absolute Gasteiger partial charge is 0.116 e. The average Bonchev–Trinajstić information content (AvgIpc) is 3.53. The second-order valence-electron chi connectivity index (χ2n) is 6.92. The van der Waals surface area contributed by atoms with Crippen LogP contribution in [0.5, 0.6) is 0 Å². The molecule has 0 bridgehead atoms. The van der Waals surface area contributed by atoms with Crippen LogP contribution in [-0.4, -0.2) is 35.3 Å². The SMILES string of the molecule is C=C(/C=c1/c(-c2cc3c(-c4cccnc4)cncc3[nH]2)n[nH]/c1=C/C)c1cn[nH]c1. The van der Waals surface area contributed by atoms with Gasteiger partial charge in [-0.25, -0.2) is 0 Å². The first-order valence-electron chi connectivity index (χ1n) is 9.52. The van der Waals surface area contributed by atoms with Gasteiger partial charge >= 0.3 is 0 Å². The third-order valence-corrected chi connectivity index (χ3v) is 5.08. The third-order valence-electron chi connectivity index (χ3n) is 5.08. The van der Waals surface area contributed by atoms with Gasteiger partial charge in [0.25, 0.3) is 0 Å². The number of rotatable bonds is 4. The van der Waals surface area contributed by atoms with E-state index in [2.05, 4.69) is 48.0 Å². The van der Waals surface area contributed by atoms with Gasteiger partial charge in [0.05, 0.1) is 29.0 Å². The molecule has 0 saturated heterocycles. The van der Waals surface area contributed by atoms with Crippen LogP contribution in [0.3, 0.4) is 0 Å². The normalized spacial score (nSPS) is 12.7. The van der Waals surface area contributed by atoms with Gasteiger partial charge in [0.1, 0.15) is 5.69 Å². The average molecular weight is 393 g/mol. The van der Waals surface area contributed by atoms with Crippen LogP contribution in [-0.2, 0) is 0 Å². The van der Waals surface area contributed by atoms with Crippen LogP contribution >= 0.6 is 0 Å². The molecule has 0 aliphatic carbocycles. The maximum absolute atomic E-state index is 4.57. The zero-order chi connectivity index (χ0) is 20.5. The van der Waals surface area contributed by atoms with Gasteiger partial charge in [-0.1, -0.05) is 18.7 Å². The maximum Gasteiger partial charge on any atom is 0.116 e. The number of nitrogens with one attached hydrogen (secondary N) is 3. The van der Waals surface area contributed by atoms with E-state index >= 15 is 0 Å². The number of aromatic nitrogens is 7. The Balaban J connectivity index is 1.69. The fourth-order valence-corrected chi connectivity index (χ4v) is 3.55. The molecule has 7 nitrogen and oxygen atoms in total. The molecule has 5 aromatic rings. The van der Waals surface area contributed by atoms with E-state index in [1.807, 2.05) is 56.0 Å². The molecule has 0 aromatic carbocycles. The molecular formula is C23H19N7. The molecule has 146 valence electrons. The number of fused-ring (bicyclic) bond motifs is 1. The van der Waals surface area contributed by atoms with Gasteiger partial charge in [-0.15, -0.1) is 0 Å². The summed E-state index contributed by atoms with van der Waals surface area (Å²) < 4.78 is 0. The Bertz CT molecular complexity index is 1460. The Morgan fingerprint density at radius 3 is 2.83 bits per heavy atom. The van der Waals surface area contributed by atoms with E-state index in [1.54, 1.807) is 12.4 Å². The number of H-pyrrole nitrogens is 3. The fraction of sp³-hybridized carbons (Fsp3) is 0.0435. The lowest BCUT2D eigenvalue weighted by Crippen LogP contribution is -2.23. The largest absolute Gasteiger partial charge is 0.352 e. The van der Waals surface area contributed by atoms with Gasteiger partial charge in [0.2, 0.25) is 0 Å². The van der Waals surface area contributed by atoms with Crippen molar-refractivity contribution in [3.8, 4) is 22.5 Å². The molecule has 0 radical (unpaired) electrons. The molecule has 0 spiro atoms. The van der Waals surface area contributed by atoms with E-state index in [4.69, 9.17) is 0 Å². The first kappa shape index (κ1) is 17.8. The van der Waals surface area contributed by atoms with Crippen molar-refractivity contribution in [2.24, 2.45) is 0 Å². The predicted molar refractivity (Wildman–Crippen MR) is 118 cm³/mol. The number of allylic oxidation sites excluding steroid dienone is 1. The van der Waals surface area contributed by atoms with E-state index in [-0.39, 0.29) is 0 Å². The molecule has 7 heteroatoms. The molecule has 0 aliphatic heterocycles. The molecule has 0 amide bonds. The highest BCUT2D eigenvalue weighted by Crippen LogP contribution is 2.29. The Hall–Kier alpha value is -4.26. The maximum atomic E-state index is 4.57. The first-order chi connectivity index (χ1) is 14.7. The molecule has 0 fully saturated rings. The molecule has 5 rings (SSSR count). The van der Waals surface area contributed by atoms with Crippen molar-refractivity contribution in [2.75, 3.05) is 0 Å². The second-order valence-corrected chi connectivity index (χ2v) is 6.92. The summed E-state index contributed by atoms with van der Waals surface area (Å²) in [6.07, 6.45) is 14.9. The van der Waals surface area contributed by atoms with Gasteiger partial charge in [-0.2, -0.15) is 10.2 Å².